The molecule has 1 aromatic rings. The van der Waals surface area contributed by atoms with Crippen molar-refractivity contribution in [2.24, 2.45) is 0 Å². The molecule has 126 valence electrons. The standard InChI is InChI=1S/C19H32O3/c1-7-9-10-12-19(3,11-8-2)15-13-16(20-4)18(22-6)17(14-15)21-5/h13-14H,7-12H2,1-6H3. The van der Waals surface area contributed by atoms with Gasteiger partial charge >= 0.3 is 0 Å². The van der Waals surface area contributed by atoms with E-state index in [2.05, 4.69) is 32.9 Å². The van der Waals surface area contributed by atoms with Crippen LogP contribution in [-0.2, 0) is 5.41 Å². The average Bonchev–Trinajstić information content (AvgIpc) is 2.53. The fourth-order valence-corrected chi connectivity index (χ4v) is 3.16. The molecule has 0 aliphatic rings. The van der Waals surface area contributed by atoms with E-state index >= 15 is 0 Å². The normalized spacial score (nSPS) is 13.5. The maximum absolute atomic E-state index is 5.51. The lowest BCUT2D eigenvalue weighted by Crippen LogP contribution is -2.22. The first-order valence-corrected chi connectivity index (χ1v) is 8.36. The summed E-state index contributed by atoms with van der Waals surface area (Å²) in [4.78, 5) is 0. The molecule has 0 aliphatic heterocycles. The number of hydrogen-bond acceptors (Lipinski definition) is 3. The highest BCUT2D eigenvalue weighted by Gasteiger charge is 2.28. The summed E-state index contributed by atoms with van der Waals surface area (Å²) in [7, 11) is 5.00. The monoisotopic (exact) mass is 308 g/mol. The summed E-state index contributed by atoms with van der Waals surface area (Å²) in [6, 6.07) is 4.23. The second-order valence-electron chi connectivity index (χ2n) is 6.18. The highest BCUT2D eigenvalue weighted by atomic mass is 16.5. The summed E-state index contributed by atoms with van der Waals surface area (Å²) >= 11 is 0. The van der Waals surface area contributed by atoms with Crippen molar-refractivity contribution in [2.75, 3.05) is 21.3 Å². The van der Waals surface area contributed by atoms with Crippen LogP contribution in [0.15, 0.2) is 12.1 Å². The van der Waals surface area contributed by atoms with Gasteiger partial charge in [-0.05, 0) is 36.0 Å². The summed E-state index contributed by atoms with van der Waals surface area (Å²) in [6.07, 6.45) is 7.30. The molecule has 0 bridgehead atoms. The van der Waals surface area contributed by atoms with Crippen LogP contribution in [-0.4, -0.2) is 21.3 Å². The van der Waals surface area contributed by atoms with Gasteiger partial charge in [-0.3, -0.25) is 0 Å². The molecule has 1 aromatic carbocycles. The van der Waals surface area contributed by atoms with Crippen molar-refractivity contribution in [1.82, 2.24) is 0 Å². The van der Waals surface area contributed by atoms with Crippen LogP contribution in [0.2, 0.25) is 0 Å². The molecule has 0 spiro atoms. The van der Waals surface area contributed by atoms with Crippen LogP contribution in [0.25, 0.3) is 0 Å². The molecule has 3 nitrogen and oxygen atoms in total. The molecule has 0 radical (unpaired) electrons. The maximum atomic E-state index is 5.51. The zero-order valence-electron chi connectivity index (χ0n) is 15.1. The van der Waals surface area contributed by atoms with Gasteiger partial charge in [-0.15, -0.1) is 0 Å². The maximum Gasteiger partial charge on any atom is 0.203 e. The zero-order valence-corrected chi connectivity index (χ0v) is 15.1. The Balaban J connectivity index is 3.23. The lowest BCUT2D eigenvalue weighted by atomic mass is 9.74. The Hall–Kier alpha value is -1.38. The van der Waals surface area contributed by atoms with Gasteiger partial charge in [-0.1, -0.05) is 46.5 Å². The van der Waals surface area contributed by atoms with Gasteiger partial charge in [0.2, 0.25) is 5.75 Å². The second kappa shape index (κ2) is 8.92. The molecule has 1 unspecified atom stereocenters. The van der Waals surface area contributed by atoms with Crippen LogP contribution in [0.4, 0.5) is 0 Å². The first-order chi connectivity index (χ1) is 10.6. The van der Waals surface area contributed by atoms with E-state index in [0.717, 1.165) is 17.9 Å². The van der Waals surface area contributed by atoms with Crippen molar-refractivity contribution in [1.29, 1.82) is 0 Å². The summed E-state index contributed by atoms with van der Waals surface area (Å²) in [5.74, 6) is 2.16. The van der Waals surface area contributed by atoms with E-state index < -0.39 is 0 Å². The summed E-state index contributed by atoms with van der Waals surface area (Å²) in [5.41, 5.74) is 1.43. The summed E-state index contributed by atoms with van der Waals surface area (Å²) in [6.45, 7) is 6.85. The molecule has 0 heterocycles. The van der Waals surface area contributed by atoms with E-state index in [4.69, 9.17) is 14.2 Å². The van der Waals surface area contributed by atoms with Gasteiger partial charge in [-0.25, -0.2) is 0 Å². The minimum absolute atomic E-state index is 0.150. The van der Waals surface area contributed by atoms with Crippen molar-refractivity contribution in [3.05, 3.63) is 17.7 Å². The molecule has 0 amide bonds. The van der Waals surface area contributed by atoms with Gasteiger partial charge < -0.3 is 14.2 Å². The molecule has 22 heavy (non-hydrogen) atoms. The van der Waals surface area contributed by atoms with Crippen LogP contribution < -0.4 is 14.2 Å². The smallest absolute Gasteiger partial charge is 0.203 e. The molecule has 0 aliphatic carbocycles. The number of unbranched alkanes of at least 4 members (excludes halogenated alkanes) is 2. The van der Waals surface area contributed by atoms with Crippen LogP contribution in [0.5, 0.6) is 17.2 Å². The van der Waals surface area contributed by atoms with Gasteiger partial charge in [-0.2, -0.15) is 0 Å². The van der Waals surface area contributed by atoms with Crippen LogP contribution >= 0.6 is 0 Å². The highest BCUT2D eigenvalue weighted by Crippen LogP contribution is 2.44. The number of ether oxygens (including phenoxy) is 3. The van der Waals surface area contributed by atoms with Crippen molar-refractivity contribution in [3.63, 3.8) is 0 Å². The van der Waals surface area contributed by atoms with Gasteiger partial charge in [0, 0.05) is 0 Å². The Morgan fingerprint density at radius 3 is 1.82 bits per heavy atom. The van der Waals surface area contributed by atoms with Crippen molar-refractivity contribution >= 4 is 0 Å². The quantitative estimate of drug-likeness (QED) is 0.545. The van der Waals surface area contributed by atoms with Crippen LogP contribution in [0.3, 0.4) is 0 Å². The zero-order chi connectivity index (χ0) is 16.6. The Labute approximate surface area is 136 Å². The average molecular weight is 308 g/mol. The van der Waals surface area contributed by atoms with Crippen molar-refractivity contribution in [3.8, 4) is 17.2 Å². The molecule has 1 rings (SSSR count). The van der Waals surface area contributed by atoms with Crippen LogP contribution in [0.1, 0.15) is 64.9 Å². The Kier molecular flexibility index (Phi) is 7.57. The highest BCUT2D eigenvalue weighted by molar-refractivity contribution is 5.55. The van der Waals surface area contributed by atoms with E-state index in [0.29, 0.717) is 5.75 Å². The first-order valence-electron chi connectivity index (χ1n) is 8.36. The molecule has 0 N–H and O–H groups in total. The Morgan fingerprint density at radius 2 is 1.41 bits per heavy atom. The third kappa shape index (κ3) is 4.31. The molecule has 0 fully saturated rings. The lowest BCUT2D eigenvalue weighted by molar-refractivity contribution is 0.318. The number of methoxy groups -OCH3 is 3. The second-order valence-corrected chi connectivity index (χ2v) is 6.18. The van der Waals surface area contributed by atoms with Crippen molar-refractivity contribution < 1.29 is 14.2 Å². The van der Waals surface area contributed by atoms with Gasteiger partial charge in [0.1, 0.15) is 0 Å². The fourth-order valence-electron chi connectivity index (χ4n) is 3.16. The Bertz CT molecular complexity index is 431. The molecule has 3 heteroatoms. The molecule has 0 aromatic heterocycles. The summed E-state index contributed by atoms with van der Waals surface area (Å²) < 4.78 is 16.5. The van der Waals surface area contributed by atoms with Crippen LogP contribution in [0, 0.1) is 0 Å². The molecule has 1 atom stereocenters. The third-order valence-electron chi connectivity index (χ3n) is 4.50. The minimum atomic E-state index is 0.150. The van der Waals surface area contributed by atoms with Gasteiger partial charge in [0.15, 0.2) is 11.5 Å². The van der Waals surface area contributed by atoms with Crippen molar-refractivity contribution in [2.45, 2.75) is 64.7 Å². The van der Waals surface area contributed by atoms with E-state index in [1.54, 1.807) is 21.3 Å². The number of benzene rings is 1. The SMILES string of the molecule is CCCCCC(C)(CCC)c1cc(OC)c(OC)c(OC)c1. The number of rotatable bonds is 10. The Morgan fingerprint density at radius 1 is 0.818 bits per heavy atom. The molecular weight excluding hydrogens is 276 g/mol. The molecular formula is C19H32O3. The molecule has 0 saturated heterocycles. The third-order valence-corrected chi connectivity index (χ3v) is 4.50. The first kappa shape index (κ1) is 18.7. The van der Waals surface area contributed by atoms with Gasteiger partial charge in [0.05, 0.1) is 21.3 Å². The number of hydrogen-bond donors (Lipinski definition) is 0. The lowest BCUT2D eigenvalue weighted by Gasteiger charge is -2.31. The minimum Gasteiger partial charge on any atom is -0.493 e. The predicted octanol–water partition coefficient (Wildman–Crippen LogP) is 5.35. The van der Waals surface area contributed by atoms with Gasteiger partial charge in [0.25, 0.3) is 0 Å². The predicted molar refractivity (Wildman–Crippen MR) is 92.5 cm³/mol. The van der Waals surface area contributed by atoms with E-state index in [1.165, 1.54) is 37.7 Å². The fraction of sp³-hybridized carbons (Fsp3) is 0.684. The largest absolute Gasteiger partial charge is 0.493 e. The molecule has 0 saturated carbocycles. The summed E-state index contributed by atoms with van der Waals surface area (Å²) in [5, 5.41) is 0. The van der Waals surface area contributed by atoms with E-state index in [1.807, 2.05) is 0 Å². The van der Waals surface area contributed by atoms with E-state index in [-0.39, 0.29) is 5.41 Å². The topological polar surface area (TPSA) is 27.7 Å². The van der Waals surface area contributed by atoms with E-state index in [9.17, 15) is 0 Å².